The van der Waals surface area contributed by atoms with Crippen molar-refractivity contribution >= 4 is 0 Å². The van der Waals surface area contributed by atoms with Gasteiger partial charge in [-0.25, -0.2) is 0 Å². The van der Waals surface area contributed by atoms with Gasteiger partial charge in [-0.05, 0) is 36.5 Å². The van der Waals surface area contributed by atoms with Crippen molar-refractivity contribution in [3.63, 3.8) is 0 Å². The Morgan fingerprint density at radius 1 is 1.13 bits per heavy atom. The molecule has 1 rings (SSSR count). The molecule has 0 radical (unpaired) electrons. The Morgan fingerprint density at radius 2 is 1.87 bits per heavy atom. The van der Waals surface area contributed by atoms with Crippen LogP contribution in [0.4, 0.5) is 0 Å². The lowest BCUT2D eigenvalue weighted by molar-refractivity contribution is 0.355. The van der Waals surface area contributed by atoms with Gasteiger partial charge in [-0.3, -0.25) is 0 Å². The molecule has 0 amide bonds. The van der Waals surface area contributed by atoms with Crippen molar-refractivity contribution in [1.29, 1.82) is 0 Å². The molecule has 1 fully saturated rings. The Hall–Kier alpha value is 0. The highest BCUT2D eigenvalue weighted by atomic mass is 14.6. The average Bonchev–Trinajstić information content (AvgIpc) is 2.86. The average molecular weight is 210 g/mol. The van der Waals surface area contributed by atoms with Crippen LogP contribution in [0.5, 0.6) is 0 Å². The molecule has 0 heteroatoms. The van der Waals surface area contributed by atoms with Gasteiger partial charge in [0.05, 0.1) is 0 Å². The fourth-order valence-electron chi connectivity index (χ4n) is 3.15. The van der Waals surface area contributed by atoms with Crippen molar-refractivity contribution in [1.82, 2.24) is 0 Å². The zero-order chi connectivity index (χ0) is 11.3. The van der Waals surface area contributed by atoms with Gasteiger partial charge in [0.2, 0.25) is 0 Å². The van der Waals surface area contributed by atoms with Gasteiger partial charge in [-0.1, -0.05) is 59.8 Å². The largest absolute Gasteiger partial charge is 0.0654 e. The molecule has 0 bridgehead atoms. The van der Waals surface area contributed by atoms with Crippen LogP contribution >= 0.6 is 0 Å². The lowest BCUT2D eigenvalue weighted by Gasteiger charge is -2.16. The molecule has 2 unspecified atom stereocenters. The molecule has 0 aliphatic heterocycles. The molecule has 0 aromatic rings. The van der Waals surface area contributed by atoms with Crippen molar-refractivity contribution in [2.75, 3.05) is 0 Å². The summed E-state index contributed by atoms with van der Waals surface area (Å²) < 4.78 is 0. The van der Waals surface area contributed by atoms with Gasteiger partial charge in [0.1, 0.15) is 0 Å². The molecule has 0 saturated heterocycles. The zero-order valence-electron chi connectivity index (χ0n) is 11.3. The second kappa shape index (κ2) is 5.92. The minimum Gasteiger partial charge on any atom is -0.0654 e. The molecule has 0 spiro atoms. The quantitative estimate of drug-likeness (QED) is 0.469. The highest BCUT2D eigenvalue weighted by Gasteiger charge is 2.50. The van der Waals surface area contributed by atoms with Crippen molar-refractivity contribution in [3.05, 3.63) is 0 Å². The van der Waals surface area contributed by atoms with Crippen LogP contribution in [-0.2, 0) is 0 Å². The van der Waals surface area contributed by atoms with E-state index in [9.17, 15) is 0 Å². The van der Waals surface area contributed by atoms with Crippen LogP contribution in [0.3, 0.4) is 0 Å². The van der Waals surface area contributed by atoms with Crippen LogP contribution < -0.4 is 0 Å². The van der Waals surface area contributed by atoms with E-state index in [2.05, 4.69) is 27.7 Å². The van der Waals surface area contributed by atoms with Crippen molar-refractivity contribution in [2.45, 2.75) is 79.1 Å². The van der Waals surface area contributed by atoms with E-state index in [0.29, 0.717) is 0 Å². The maximum absolute atomic E-state index is 2.40. The van der Waals surface area contributed by atoms with Gasteiger partial charge in [-0.2, -0.15) is 0 Å². The molecule has 0 nitrogen and oxygen atoms in total. The summed E-state index contributed by atoms with van der Waals surface area (Å²) in [5, 5.41) is 0. The number of hydrogen-bond acceptors (Lipinski definition) is 0. The van der Waals surface area contributed by atoms with E-state index in [1.165, 1.54) is 51.4 Å². The molecular formula is C15H30. The van der Waals surface area contributed by atoms with Gasteiger partial charge in [0.15, 0.2) is 0 Å². The minimum absolute atomic E-state index is 0.790. The van der Waals surface area contributed by atoms with Crippen LogP contribution in [0, 0.1) is 17.3 Å². The molecule has 2 atom stereocenters. The molecule has 0 aromatic carbocycles. The summed E-state index contributed by atoms with van der Waals surface area (Å²) in [6.07, 6.45) is 11.7. The van der Waals surface area contributed by atoms with E-state index in [4.69, 9.17) is 0 Å². The Kier molecular flexibility index (Phi) is 5.15. The third-order valence-electron chi connectivity index (χ3n) is 4.35. The maximum atomic E-state index is 2.40. The molecule has 0 heterocycles. The summed E-state index contributed by atoms with van der Waals surface area (Å²) >= 11 is 0. The molecule has 90 valence electrons. The van der Waals surface area contributed by atoms with E-state index < -0.39 is 0 Å². The summed E-state index contributed by atoms with van der Waals surface area (Å²) in [4.78, 5) is 0. The van der Waals surface area contributed by atoms with Gasteiger partial charge >= 0.3 is 0 Å². The second-order valence-corrected chi connectivity index (χ2v) is 6.06. The van der Waals surface area contributed by atoms with E-state index in [1.807, 2.05) is 0 Å². The standard InChI is InChI=1S/C15H30/c1-5-7-8-9-10-15(6-2)12-14(15)11-13(3)4/h13-14H,5-12H2,1-4H3. The monoisotopic (exact) mass is 210 g/mol. The topological polar surface area (TPSA) is 0 Å². The van der Waals surface area contributed by atoms with E-state index in [0.717, 1.165) is 17.3 Å². The van der Waals surface area contributed by atoms with Gasteiger partial charge in [0, 0.05) is 0 Å². The first-order valence-electron chi connectivity index (χ1n) is 7.14. The normalized spacial score (nSPS) is 29.8. The molecular weight excluding hydrogens is 180 g/mol. The zero-order valence-corrected chi connectivity index (χ0v) is 11.3. The van der Waals surface area contributed by atoms with Crippen molar-refractivity contribution in [2.24, 2.45) is 17.3 Å². The Bertz CT molecular complexity index is 171. The predicted octanol–water partition coefficient (Wildman–Crippen LogP) is 5.42. The summed E-state index contributed by atoms with van der Waals surface area (Å²) in [5.74, 6) is 1.98. The lowest BCUT2D eigenvalue weighted by Crippen LogP contribution is -2.04. The second-order valence-electron chi connectivity index (χ2n) is 6.06. The summed E-state index contributed by atoms with van der Waals surface area (Å²) in [6.45, 7) is 9.44. The molecule has 15 heavy (non-hydrogen) atoms. The van der Waals surface area contributed by atoms with Crippen LogP contribution in [0.15, 0.2) is 0 Å². The van der Waals surface area contributed by atoms with E-state index in [1.54, 1.807) is 0 Å². The molecule has 0 N–H and O–H groups in total. The number of hydrogen-bond donors (Lipinski definition) is 0. The Balaban J connectivity index is 2.19. The molecule has 1 aliphatic carbocycles. The number of unbranched alkanes of at least 4 members (excludes halogenated alkanes) is 3. The molecule has 1 saturated carbocycles. The summed E-state index contributed by atoms with van der Waals surface area (Å²) in [6, 6.07) is 0. The molecule has 1 aliphatic rings. The van der Waals surface area contributed by atoms with Crippen LogP contribution in [0.2, 0.25) is 0 Å². The fourth-order valence-corrected chi connectivity index (χ4v) is 3.15. The first kappa shape index (κ1) is 13.1. The fraction of sp³-hybridized carbons (Fsp3) is 1.00. The Labute approximate surface area is 96.8 Å². The Morgan fingerprint density at radius 3 is 2.40 bits per heavy atom. The van der Waals surface area contributed by atoms with Gasteiger partial charge < -0.3 is 0 Å². The van der Waals surface area contributed by atoms with Gasteiger partial charge in [0.25, 0.3) is 0 Å². The third kappa shape index (κ3) is 3.81. The predicted molar refractivity (Wildman–Crippen MR) is 69.0 cm³/mol. The first-order chi connectivity index (χ1) is 7.14. The van der Waals surface area contributed by atoms with Crippen LogP contribution in [0.1, 0.15) is 79.1 Å². The minimum atomic E-state index is 0.790. The third-order valence-corrected chi connectivity index (χ3v) is 4.35. The van der Waals surface area contributed by atoms with E-state index in [-0.39, 0.29) is 0 Å². The number of rotatable bonds is 8. The van der Waals surface area contributed by atoms with Gasteiger partial charge in [-0.15, -0.1) is 0 Å². The summed E-state index contributed by atoms with van der Waals surface area (Å²) in [7, 11) is 0. The first-order valence-corrected chi connectivity index (χ1v) is 7.14. The smallest absolute Gasteiger partial charge is 0.0269 e. The van der Waals surface area contributed by atoms with E-state index >= 15 is 0 Å². The highest BCUT2D eigenvalue weighted by molar-refractivity contribution is 5.01. The van der Waals surface area contributed by atoms with Crippen LogP contribution in [0.25, 0.3) is 0 Å². The maximum Gasteiger partial charge on any atom is -0.0269 e. The lowest BCUT2D eigenvalue weighted by atomic mass is 9.90. The molecule has 0 aromatic heterocycles. The SMILES string of the molecule is CCCCCCC1(CC)CC1CC(C)C. The summed E-state index contributed by atoms with van der Waals surface area (Å²) in [5.41, 5.74) is 0.790. The van der Waals surface area contributed by atoms with Crippen molar-refractivity contribution < 1.29 is 0 Å². The van der Waals surface area contributed by atoms with Crippen molar-refractivity contribution in [3.8, 4) is 0 Å². The highest BCUT2D eigenvalue weighted by Crippen LogP contribution is 2.60. The van der Waals surface area contributed by atoms with Crippen LogP contribution in [-0.4, -0.2) is 0 Å².